The fourth-order valence-corrected chi connectivity index (χ4v) is 3.74. The SMILES string of the molecule is COc1ccc(NC(=O)CS(=O)(=O)CCCc2ccccc2)c(C(=O)O)c1. The van der Waals surface area contributed by atoms with Crippen molar-refractivity contribution in [2.75, 3.05) is 23.9 Å². The molecule has 0 bridgehead atoms. The first-order chi connectivity index (χ1) is 12.8. The molecule has 144 valence electrons. The second kappa shape index (κ2) is 9.18. The van der Waals surface area contributed by atoms with Crippen LogP contribution in [0.4, 0.5) is 5.69 Å². The largest absolute Gasteiger partial charge is 0.497 e. The van der Waals surface area contributed by atoms with Gasteiger partial charge in [0.2, 0.25) is 5.91 Å². The summed E-state index contributed by atoms with van der Waals surface area (Å²) in [5.74, 6) is -2.53. The van der Waals surface area contributed by atoms with Crippen LogP contribution in [-0.4, -0.2) is 44.0 Å². The summed E-state index contributed by atoms with van der Waals surface area (Å²) in [6, 6.07) is 13.6. The van der Waals surface area contributed by atoms with Crippen LogP contribution >= 0.6 is 0 Å². The summed E-state index contributed by atoms with van der Waals surface area (Å²) < 4.78 is 29.2. The lowest BCUT2D eigenvalue weighted by molar-refractivity contribution is -0.113. The van der Waals surface area contributed by atoms with Gasteiger partial charge in [0.15, 0.2) is 9.84 Å². The highest BCUT2D eigenvalue weighted by Crippen LogP contribution is 2.22. The number of benzene rings is 2. The molecular formula is C19H21NO6S. The monoisotopic (exact) mass is 391 g/mol. The Morgan fingerprint density at radius 2 is 1.81 bits per heavy atom. The van der Waals surface area contributed by atoms with Gasteiger partial charge in [-0.05, 0) is 36.6 Å². The smallest absolute Gasteiger partial charge is 0.337 e. The normalized spacial score (nSPS) is 11.0. The first kappa shape index (κ1) is 20.4. The van der Waals surface area contributed by atoms with Gasteiger partial charge in [0, 0.05) is 0 Å². The van der Waals surface area contributed by atoms with Crippen molar-refractivity contribution >= 4 is 27.4 Å². The fraction of sp³-hybridized carbons (Fsp3) is 0.263. The molecule has 0 aliphatic carbocycles. The third-order valence-electron chi connectivity index (χ3n) is 3.85. The van der Waals surface area contributed by atoms with Crippen molar-refractivity contribution in [2.24, 2.45) is 0 Å². The van der Waals surface area contributed by atoms with Crippen LogP contribution in [-0.2, 0) is 21.1 Å². The molecule has 7 nitrogen and oxygen atoms in total. The quantitative estimate of drug-likeness (QED) is 0.679. The summed E-state index contributed by atoms with van der Waals surface area (Å²) in [4.78, 5) is 23.4. The fourth-order valence-electron chi connectivity index (χ4n) is 2.54. The van der Waals surface area contributed by atoms with Gasteiger partial charge in [-0.15, -0.1) is 0 Å². The van der Waals surface area contributed by atoms with Crippen molar-refractivity contribution in [3.05, 3.63) is 59.7 Å². The number of ether oxygens (including phenoxy) is 1. The molecule has 0 saturated heterocycles. The highest BCUT2D eigenvalue weighted by atomic mass is 32.2. The Morgan fingerprint density at radius 1 is 1.11 bits per heavy atom. The van der Waals surface area contributed by atoms with Gasteiger partial charge >= 0.3 is 5.97 Å². The van der Waals surface area contributed by atoms with Crippen molar-refractivity contribution in [3.63, 3.8) is 0 Å². The van der Waals surface area contributed by atoms with Crippen molar-refractivity contribution in [3.8, 4) is 5.75 Å². The first-order valence-electron chi connectivity index (χ1n) is 8.26. The lowest BCUT2D eigenvalue weighted by atomic mass is 10.1. The first-order valence-corrected chi connectivity index (χ1v) is 10.1. The Labute approximate surface area is 157 Å². The Bertz CT molecular complexity index is 909. The van der Waals surface area contributed by atoms with Gasteiger partial charge in [0.05, 0.1) is 24.1 Å². The number of sulfone groups is 1. The summed E-state index contributed by atoms with van der Waals surface area (Å²) in [5, 5.41) is 11.6. The molecule has 0 aliphatic rings. The summed E-state index contributed by atoms with van der Waals surface area (Å²) in [5.41, 5.74) is 0.874. The highest BCUT2D eigenvalue weighted by molar-refractivity contribution is 7.92. The second-order valence-corrected chi connectivity index (χ2v) is 8.13. The molecule has 0 spiro atoms. The lowest BCUT2D eigenvalue weighted by Gasteiger charge is -2.10. The van der Waals surface area contributed by atoms with E-state index in [-0.39, 0.29) is 17.0 Å². The molecule has 27 heavy (non-hydrogen) atoms. The third-order valence-corrected chi connectivity index (χ3v) is 5.46. The average molecular weight is 391 g/mol. The second-order valence-electron chi connectivity index (χ2n) is 5.95. The Kier molecular flexibility index (Phi) is 6.95. The van der Waals surface area contributed by atoms with Crippen LogP contribution in [0.15, 0.2) is 48.5 Å². The van der Waals surface area contributed by atoms with E-state index in [2.05, 4.69) is 5.32 Å². The average Bonchev–Trinajstić information content (AvgIpc) is 2.62. The number of methoxy groups -OCH3 is 1. The predicted molar refractivity (Wildman–Crippen MR) is 102 cm³/mol. The van der Waals surface area contributed by atoms with Gasteiger partial charge in [0.25, 0.3) is 0 Å². The van der Waals surface area contributed by atoms with Crippen LogP contribution in [0.25, 0.3) is 0 Å². The zero-order valence-corrected chi connectivity index (χ0v) is 15.7. The molecule has 0 fully saturated rings. The van der Waals surface area contributed by atoms with E-state index in [9.17, 15) is 23.1 Å². The summed E-state index contributed by atoms with van der Waals surface area (Å²) in [6.07, 6.45) is 1.01. The zero-order chi connectivity index (χ0) is 19.9. The highest BCUT2D eigenvalue weighted by Gasteiger charge is 2.19. The number of amides is 1. The summed E-state index contributed by atoms with van der Waals surface area (Å²) in [7, 11) is -2.21. The van der Waals surface area contributed by atoms with E-state index in [0.717, 1.165) is 5.56 Å². The van der Waals surface area contributed by atoms with Crippen LogP contribution in [0.5, 0.6) is 5.75 Å². The van der Waals surface area contributed by atoms with Crippen molar-refractivity contribution < 1.29 is 27.9 Å². The molecule has 0 aromatic heterocycles. The van der Waals surface area contributed by atoms with Gasteiger partial charge in [0.1, 0.15) is 11.5 Å². The molecule has 0 saturated carbocycles. The molecule has 2 aromatic rings. The van der Waals surface area contributed by atoms with E-state index in [1.54, 1.807) is 0 Å². The van der Waals surface area contributed by atoms with Crippen LogP contribution in [0.1, 0.15) is 22.3 Å². The van der Waals surface area contributed by atoms with Crippen molar-refractivity contribution in [1.29, 1.82) is 0 Å². The molecule has 0 unspecified atom stereocenters. The molecule has 2 aromatic carbocycles. The topological polar surface area (TPSA) is 110 Å². The molecule has 8 heteroatoms. The maximum absolute atomic E-state index is 12.1. The number of carboxylic acids is 1. The number of aromatic carboxylic acids is 1. The number of carbonyl (C=O) groups excluding carboxylic acids is 1. The standard InChI is InChI=1S/C19H21NO6S/c1-26-15-9-10-17(16(12-15)19(22)23)20-18(21)13-27(24,25)11-5-8-14-6-3-2-4-7-14/h2-4,6-7,9-10,12H,5,8,11,13H2,1H3,(H,20,21)(H,22,23). The summed E-state index contributed by atoms with van der Waals surface area (Å²) in [6.45, 7) is 0. The van der Waals surface area contributed by atoms with Gasteiger partial charge in [-0.2, -0.15) is 0 Å². The van der Waals surface area contributed by atoms with Gasteiger partial charge < -0.3 is 15.2 Å². The van der Waals surface area contributed by atoms with Gasteiger partial charge in [-0.1, -0.05) is 30.3 Å². The van der Waals surface area contributed by atoms with Gasteiger partial charge in [-0.3, -0.25) is 4.79 Å². The number of anilines is 1. The third kappa shape index (κ3) is 6.41. The van der Waals surface area contributed by atoms with E-state index in [1.165, 1.54) is 25.3 Å². The Balaban J connectivity index is 1.95. The molecule has 0 aliphatic heterocycles. The van der Waals surface area contributed by atoms with E-state index >= 15 is 0 Å². The predicted octanol–water partition coefficient (Wildman–Crippen LogP) is 2.38. The Hall–Kier alpha value is -2.87. The number of hydrogen-bond donors (Lipinski definition) is 2. The zero-order valence-electron chi connectivity index (χ0n) is 14.8. The molecule has 0 heterocycles. The van der Waals surface area contributed by atoms with Crippen LogP contribution in [0.2, 0.25) is 0 Å². The van der Waals surface area contributed by atoms with Crippen LogP contribution in [0, 0.1) is 0 Å². The number of aryl methyl sites for hydroxylation is 1. The minimum atomic E-state index is -3.60. The Morgan fingerprint density at radius 3 is 2.44 bits per heavy atom. The van der Waals surface area contributed by atoms with Crippen molar-refractivity contribution in [1.82, 2.24) is 0 Å². The minimum Gasteiger partial charge on any atom is -0.497 e. The van der Waals surface area contributed by atoms with Crippen LogP contribution < -0.4 is 10.1 Å². The van der Waals surface area contributed by atoms with E-state index in [0.29, 0.717) is 18.6 Å². The minimum absolute atomic E-state index is 0.0211. The molecule has 2 rings (SSSR count). The van der Waals surface area contributed by atoms with E-state index in [4.69, 9.17) is 4.74 Å². The van der Waals surface area contributed by atoms with E-state index in [1.807, 2.05) is 30.3 Å². The number of nitrogens with one attached hydrogen (secondary N) is 1. The number of carbonyl (C=O) groups is 2. The molecule has 2 N–H and O–H groups in total. The molecular weight excluding hydrogens is 370 g/mol. The molecule has 0 radical (unpaired) electrons. The lowest BCUT2D eigenvalue weighted by Crippen LogP contribution is -2.25. The number of hydrogen-bond acceptors (Lipinski definition) is 5. The van der Waals surface area contributed by atoms with Gasteiger partial charge in [-0.25, -0.2) is 13.2 Å². The van der Waals surface area contributed by atoms with Crippen molar-refractivity contribution in [2.45, 2.75) is 12.8 Å². The maximum atomic E-state index is 12.1. The summed E-state index contributed by atoms with van der Waals surface area (Å²) >= 11 is 0. The number of carboxylic acid groups (broad SMARTS) is 1. The van der Waals surface area contributed by atoms with E-state index < -0.39 is 27.5 Å². The molecule has 0 atom stereocenters. The number of rotatable bonds is 9. The maximum Gasteiger partial charge on any atom is 0.337 e. The molecule has 1 amide bonds. The van der Waals surface area contributed by atoms with Crippen LogP contribution in [0.3, 0.4) is 0 Å².